The van der Waals surface area contributed by atoms with Crippen LogP contribution in [-0.2, 0) is 14.3 Å². The van der Waals surface area contributed by atoms with Crippen LogP contribution in [0.1, 0.15) is 50.9 Å². The molecule has 1 saturated heterocycles. The predicted molar refractivity (Wildman–Crippen MR) is 93.1 cm³/mol. The lowest BCUT2D eigenvalue weighted by Crippen LogP contribution is -2.54. The fourth-order valence-corrected chi connectivity index (χ4v) is 2.89. The van der Waals surface area contributed by atoms with E-state index in [0.717, 1.165) is 0 Å². The van der Waals surface area contributed by atoms with Crippen LogP contribution in [0.4, 0.5) is 0 Å². The highest BCUT2D eigenvalue weighted by Gasteiger charge is 2.38. The molecule has 0 aliphatic carbocycles. The van der Waals surface area contributed by atoms with E-state index in [1.807, 2.05) is 27.7 Å². The first-order valence-electron chi connectivity index (χ1n) is 8.59. The van der Waals surface area contributed by atoms with Gasteiger partial charge in [-0.05, 0) is 24.3 Å². The summed E-state index contributed by atoms with van der Waals surface area (Å²) in [6, 6.07) is 0.264. The number of nitrogens with one attached hydrogen (secondary N) is 3. The van der Waals surface area contributed by atoms with Crippen LogP contribution in [0.5, 0.6) is 0 Å². The summed E-state index contributed by atoms with van der Waals surface area (Å²) in [5.74, 6) is -0.820. The normalized spacial score (nSPS) is 21.8. The lowest BCUT2D eigenvalue weighted by atomic mass is 9.87. The lowest BCUT2D eigenvalue weighted by Gasteiger charge is -2.27. The van der Waals surface area contributed by atoms with Crippen LogP contribution in [0.2, 0.25) is 0 Å². The summed E-state index contributed by atoms with van der Waals surface area (Å²) in [6.07, 6.45) is 3.99. The van der Waals surface area contributed by atoms with Gasteiger partial charge >= 0.3 is 0 Å². The van der Waals surface area contributed by atoms with Crippen molar-refractivity contribution in [2.24, 2.45) is 5.41 Å². The number of rotatable bonds is 6. The third-order valence-electron chi connectivity index (χ3n) is 4.16. The average Bonchev–Trinajstić information content (AvgIpc) is 3.16. The van der Waals surface area contributed by atoms with Crippen molar-refractivity contribution in [2.45, 2.75) is 58.7 Å². The topological polar surface area (TPSA) is 100 Å². The zero-order valence-corrected chi connectivity index (χ0v) is 15.2. The summed E-state index contributed by atoms with van der Waals surface area (Å²) in [7, 11) is 0. The van der Waals surface area contributed by atoms with Crippen molar-refractivity contribution in [2.75, 3.05) is 6.61 Å². The van der Waals surface area contributed by atoms with Gasteiger partial charge in [-0.3, -0.25) is 14.4 Å². The van der Waals surface area contributed by atoms with Crippen LogP contribution >= 0.6 is 0 Å². The van der Waals surface area contributed by atoms with Crippen molar-refractivity contribution in [3.63, 3.8) is 0 Å². The summed E-state index contributed by atoms with van der Waals surface area (Å²) >= 11 is 0. The molecular formula is C18H27N3O4. The van der Waals surface area contributed by atoms with Gasteiger partial charge in [0.15, 0.2) is 5.78 Å². The maximum Gasteiger partial charge on any atom is 0.253 e. The van der Waals surface area contributed by atoms with E-state index in [0.29, 0.717) is 18.4 Å². The van der Waals surface area contributed by atoms with Gasteiger partial charge in [-0.2, -0.15) is 0 Å². The highest BCUT2D eigenvalue weighted by Crippen LogP contribution is 2.22. The molecule has 7 nitrogen and oxygen atoms in total. The first-order valence-corrected chi connectivity index (χ1v) is 8.59. The fraction of sp³-hybridized carbons (Fsp3) is 0.611. The number of H-pyrrole nitrogens is 1. The molecule has 1 aromatic heterocycles. The number of aromatic amines is 1. The molecule has 0 radical (unpaired) electrons. The Morgan fingerprint density at radius 2 is 2.12 bits per heavy atom. The first kappa shape index (κ1) is 19.2. The Labute approximate surface area is 147 Å². The molecule has 1 aliphatic heterocycles. The molecule has 1 fully saturated rings. The van der Waals surface area contributed by atoms with Gasteiger partial charge in [0.25, 0.3) is 5.91 Å². The maximum atomic E-state index is 12.7. The molecule has 138 valence electrons. The van der Waals surface area contributed by atoms with Gasteiger partial charge in [-0.1, -0.05) is 27.7 Å². The summed E-state index contributed by atoms with van der Waals surface area (Å²) in [6.45, 7) is 7.91. The maximum absolute atomic E-state index is 12.7. The molecule has 3 unspecified atom stereocenters. The van der Waals surface area contributed by atoms with E-state index in [-0.39, 0.29) is 35.7 Å². The van der Waals surface area contributed by atoms with Crippen molar-refractivity contribution in [1.29, 1.82) is 0 Å². The van der Waals surface area contributed by atoms with Crippen LogP contribution < -0.4 is 10.6 Å². The van der Waals surface area contributed by atoms with E-state index < -0.39 is 12.1 Å². The predicted octanol–water partition coefficient (Wildman–Crippen LogP) is 1.41. The third-order valence-corrected chi connectivity index (χ3v) is 4.16. The minimum Gasteiger partial charge on any atom is -0.368 e. The molecule has 1 aliphatic rings. The van der Waals surface area contributed by atoms with E-state index >= 15 is 0 Å². The van der Waals surface area contributed by atoms with E-state index in [1.54, 1.807) is 18.5 Å². The molecular weight excluding hydrogens is 322 g/mol. The summed E-state index contributed by atoms with van der Waals surface area (Å²) < 4.78 is 5.39. The van der Waals surface area contributed by atoms with Gasteiger partial charge in [0.2, 0.25) is 5.91 Å². The van der Waals surface area contributed by atoms with Crippen LogP contribution in [0.15, 0.2) is 18.5 Å². The van der Waals surface area contributed by atoms with Gasteiger partial charge in [0.05, 0.1) is 11.7 Å². The quantitative estimate of drug-likeness (QED) is 0.723. The fourth-order valence-electron chi connectivity index (χ4n) is 2.89. The Balaban J connectivity index is 2.09. The Kier molecular flexibility index (Phi) is 6.00. The van der Waals surface area contributed by atoms with E-state index in [1.165, 1.54) is 0 Å². The molecule has 2 amide bonds. The average molecular weight is 349 g/mol. The van der Waals surface area contributed by atoms with Gasteiger partial charge in [0, 0.05) is 12.4 Å². The van der Waals surface area contributed by atoms with Crippen molar-refractivity contribution in [3.8, 4) is 0 Å². The second-order valence-electron chi connectivity index (χ2n) is 7.60. The van der Waals surface area contributed by atoms with E-state index in [2.05, 4.69) is 15.6 Å². The molecule has 7 heteroatoms. The molecule has 0 aromatic carbocycles. The first-order chi connectivity index (χ1) is 11.7. The second kappa shape index (κ2) is 7.82. The Bertz CT molecular complexity index is 619. The van der Waals surface area contributed by atoms with Crippen LogP contribution in [0, 0.1) is 5.41 Å². The molecule has 3 atom stereocenters. The molecule has 2 rings (SSSR count). The summed E-state index contributed by atoms with van der Waals surface area (Å²) in [4.78, 5) is 39.9. The number of ether oxygens (including phenoxy) is 1. The second-order valence-corrected chi connectivity index (χ2v) is 7.60. The van der Waals surface area contributed by atoms with Crippen molar-refractivity contribution in [1.82, 2.24) is 15.6 Å². The molecule has 25 heavy (non-hydrogen) atoms. The number of hydrogen-bond acceptors (Lipinski definition) is 4. The number of Topliss-reactive ketones (excluding diaryl/α,β-unsaturated/α-hetero) is 1. The number of aromatic nitrogens is 1. The zero-order chi connectivity index (χ0) is 18.6. The number of carbonyl (C=O) groups is 3. The smallest absolute Gasteiger partial charge is 0.253 e. The number of carbonyl (C=O) groups excluding carboxylic acids is 3. The molecule has 3 N–H and O–H groups in total. The third kappa shape index (κ3) is 5.16. The highest BCUT2D eigenvalue weighted by molar-refractivity contribution is 5.98. The van der Waals surface area contributed by atoms with Gasteiger partial charge in [-0.15, -0.1) is 0 Å². The van der Waals surface area contributed by atoms with Gasteiger partial charge in [0.1, 0.15) is 18.7 Å². The standard InChI is InChI=1S/C18H27N3O4/c1-5-14-15(13(22)10-25-14)21-17(24)12(8-18(2,3)4)20-16(23)11-6-7-19-9-11/h6-7,9,12,14-15,19H,5,8,10H2,1-4H3,(H,20,23)(H,21,24). The Morgan fingerprint density at radius 3 is 2.68 bits per heavy atom. The molecule has 0 bridgehead atoms. The van der Waals surface area contributed by atoms with Crippen molar-refractivity contribution in [3.05, 3.63) is 24.0 Å². The molecule has 0 saturated carbocycles. The van der Waals surface area contributed by atoms with Gasteiger partial charge in [-0.25, -0.2) is 0 Å². The SMILES string of the molecule is CCC1OCC(=O)C1NC(=O)C(CC(C)(C)C)NC(=O)c1cc[nH]c1. The van der Waals surface area contributed by atoms with Crippen LogP contribution in [-0.4, -0.2) is 47.4 Å². The molecule has 0 spiro atoms. The van der Waals surface area contributed by atoms with Crippen molar-refractivity contribution >= 4 is 17.6 Å². The minimum atomic E-state index is -0.728. The summed E-state index contributed by atoms with van der Waals surface area (Å²) in [5, 5.41) is 5.54. The minimum absolute atomic E-state index is 0.0170. The van der Waals surface area contributed by atoms with Gasteiger partial charge < -0.3 is 20.4 Å². The summed E-state index contributed by atoms with van der Waals surface area (Å²) in [5.41, 5.74) is 0.284. The van der Waals surface area contributed by atoms with Crippen LogP contribution in [0.3, 0.4) is 0 Å². The number of amides is 2. The Hall–Kier alpha value is -2.15. The molecule has 1 aromatic rings. The number of hydrogen-bond donors (Lipinski definition) is 3. The van der Waals surface area contributed by atoms with Crippen molar-refractivity contribution < 1.29 is 19.1 Å². The van der Waals surface area contributed by atoms with E-state index in [4.69, 9.17) is 4.74 Å². The Morgan fingerprint density at radius 1 is 1.40 bits per heavy atom. The highest BCUT2D eigenvalue weighted by atomic mass is 16.5. The largest absolute Gasteiger partial charge is 0.368 e. The van der Waals surface area contributed by atoms with Crippen LogP contribution in [0.25, 0.3) is 0 Å². The lowest BCUT2D eigenvalue weighted by molar-refractivity contribution is -0.128. The zero-order valence-electron chi connectivity index (χ0n) is 15.2. The number of ketones is 1. The van der Waals surface area contributed by atoms with E-state index in [9.17, 15) is 14.4 Å². The monoisotopic (exact) mass is 349 g/mol. The molecule has 2 heterocycles.